The maximum atomic E-state index is 11.4. The minimum Gasteiger partial charge on any atom is -0.469 e. The molecule has 2 aliphatic heterocycles. The van der Waals surface area contributed by atoms with Crippen LogP contribution in [0.25, 0.3) is 0 Å². The normalized spacial score (nSPS) is 26.0. The summed E-state index contributed by atoms with van der Waals surface area (Å²) in [6.45, 7) is 0.759. The van der Waals surface area contributed by atoms with E-state index in [2.05, 4.69) is 0 Å². The Labute approximate surface area is 76.3 Å². The minimum absolute atomic E-state index is 0.303. The number of amides is 1. The van der Waals surface area contributed by atoms with Crippen LogP contribution in [0.3, 0.4) is 0 Å². The van der Waals surface area contributed by atoms with Gasteiger partial charge in [0.15, 0.2) is 0 Å². The molecule has 1 amide bonds. The van der Waals surface area contributed by atoms with Gasteiger partial charge in [-0.3, -0.25) is 4.79 Å². The predicted molar refractivity (Wildman–Crippen MR) is 46.0 cm³/mol. The highest BCUT2D eigenvalue weighted by Gasteiger charge is 2.35. The van der Waals surface area contributed by atoms with Gasteiger partial charge in [-0.2, -0.15) is 0 Å². The summed E-state index contributed by atoms with van der Waals surface area (Å²) in [4.78, 5) is 13.4. The Hall–Kier alpha value is -1.25. The Morgan fingerprint density at radius 2 is 2.46 bits per heavy atom. The number of fused-ring (bicyclic) bond motifs is 2. The van der Waals surface area contributed by atoms with Crippen LogP contribution in [-0.2, 0) is 17.8 Å². The smallest absolute Gasteiger partial charge is 0.223 e. The molecule has 0 saturated carbocycles. The molecule has 3 heterocycles. The lowest BCUT2D eigenvalue weighted by Crippen LogP contribution is -2.37. The van der Waals surface area contributed by atoms with Crippen LogP contribution in [0.15, 0.2) is 16.7 Å². The summed E-state index contributed by atoms with van der Waals surface area (Å²) in [6, 6.07) is 2.38. The molecule has 3 heteroatoms. The number of furan rings is 1. The van der Waals surface area contributed by atoms with Gasteiger partial charge in [-0.1, -0.05) is 0 Å². The molecule has 3 rings (SSSR count). The summed E-state index contributed by atoms with van der Waals surface area (Å²) in [7, 11) is 0. The number of hydrogen-bond donors (Lipinski definition) is 0. The fourth-order valence-electron chi connectivity index (χ4n) is 2.31. The molecule has 1 atom stereocenters. The number of carbonyl (C=O) groups excluding carboxylic acids is 1. The molecule has 1 aromatic heterocycles. The SMILES string of the molecule is O=C1CC[C@H]2Cc3occc3CN12. The lowest BCUT2D eigenvalue weighted by atomic mass is 10.0. The fraction of sp³-hybridized carbons (Fsp3) is 0.500. The van der Waals surface area contributed by atoms with E-state index in [-0.39, 0.29) is 0 Å². The zero-order valence-corrected chi connectivity index (χ0v) is 7.32. The second kappa shape index (κ2) is 2.37. The highest BCUT2D eigenvalue weighted by atomic mass is 16.3. The van der Waals surface area contributed by atoms with E-state index in [0.717, 1.165) is 31.6 Å². The summed E-state index contributed by atoms with van der Waals surface area (Å²) in [5, 5.41) is 0. The van der Waals surface area contributed by atoms with Gasteiger partial charge in [-0.05, 0) is 12.5 Å². The monoisotopic (exact) mass is 177 g/mol. The van der Waals surface area contributed by atoms with Crippen molar-refractivity contribution in [1.29, 1.82) is 0 Å². The topological polar surface area (TPSA) is 33.5 Å². The molecule has 0 aliphatic carbocycles. The fourth-order valence-corrected chi connectivity index (χ4v) is 2.31. The highest BCUT2D eigenvalue weighted by molar-refractivity contribution is 5.79. The molecular weight excluding hydrogens is 166 g/mol. The van der Waals surface area contributed by atoms with Gasteiger partial charge in [0, 0.05) is 31.0 Å². The Morgan fingerprint density at radius 3 is 3.38 bits per heavy atom. The van der Waals surface area contributed by atoms with Crippen LogP contribution < -0.4 is 0 Å². The van der Waals surface area contributed by atoms with Gasteiger partial charge in [-0.25, -0.2) is 0 Å². The van der Waals surface area contributed by atoms with Crippen molar-refractivity contribution >= 4 is 5.91 Å². The van der Waals surface area contributed by atoms with Crippen LogP contribution in [0.1, 0.15) is 24.2 Å². The molecule has 3 nitrogen and oxygen atoms in total. The van der Waals surface area contributed by atoms with Gasteiger partial charge in [0.2, 0.25) is 5.91 Å². The largest absolute Gasteiger partial charge is 0.469 e. The average molecular weight is 177 g/mol. The van der Waals surface area contributed by atoms with Crippen LogP contribution in [0.5, 0.6) is 0 Å². The number of hydrogen-bond acceptors (Lipinski definition) is 2. The van der Waals surface area contributed by atoms with E-state index < -0.39 is 0 Å². The van der Waals surface area contributed by atoms with Crippen LogP contribution in [0.2, 0.25) is 0 Å². The van der Waals surface area contributed by atoms with E-state index in [1.165, 1.54) is 5.56 Å². The molecule has 0 unspecified atom stereocenters. The van der Waals surface area contributed by atoms with Crippen LogP contribution >= 0.6 is 0 Å². The first-order valence-corrected chi connectivity index (χ1v) is 4.69. The molecule has 1 saturated heterocycles. The summed E-state index contributed by atoms with van der Waals surface area (Å²) >= 11 is 0. The maximum absolute atomic E-state index is 11.4. The van der Waals surface area contributed by atoms with Gasteiger partial charge in [0.05, 0.1) is 6.26 Å². The van der Waals surface area contributed by atoms with E-state index >= 15 is 0 Å². The molecule has 2 aliphatic rings. The van der Waals surface area contributed by atoms with Gasteiger partial charge in [0.25, 0.3) is 0 Å². The first-order valence-electron chi connectivity index (χ1n) is 4.69. The molecule has 0 bridgehead atoms. The first-order chi connectivity index (χ1) is 6.34. The zero-order valence-electron chi connectivity index (χ0n) is 7.32. The van der Waals surface area contributed by atoms with Gasteiger partial charge < -0.3 is 9.32 Å². The Bertz CT molecular complexity index is 356. The molecule has 0 N–H and O–H groups in total. The van der Waals surface area contributed by atoms with Gasteiger partial charge >= 0.3 is 0 Å². The third kappa shape index (κ3) is 0.930. The summed E-state index contributed by atoms with van der Waals surface area (Å²) < 4.78 is 5.36. The number of carbonyl (C=O) groups is 1. The third-order valence-electron chi connectivity index (χ3n) is 3.05. The quantitative estimate of drug-likeness (QED) is 0.599. The van der Waals surface area contributed by atoms with Gasteiger partial charge in [-0.15, -0.1) is 0 Å². The molecule has 0 spiro atoms. The van der Waals surface area contributed by atoms with Crippen molar-refractivity contribution in [3.63, 3.8) is 0 Å². The van der Waals surface area contributed by atoms with Crippen molar-refractivity contribution in [1.82, 2.24) is 4.90 Å². The van der Waals surface area contributed by atoms with Crippen molar-refractivity contribution in [3.8, 4) is 0 Å². The third-order valence-corrected chi connectivity index (χ3v) is 3.05. The predicted octanol–water partition coefficient (Wildman–Crippen LogP) is 1.33. The van der Waals surface area contributed by atoms with Crippen molar-refractivity contribution < 1.29 is 9.21 Å². The van der Waals surface area contributed by atoms with Crippen LogP contribution in [-0.4, -0.2) is 16.8 Å². The van der Waals surface area contributed by atoms with E-state index in [1.54, 1.807) is 6.26 Å². The van der Waals surface area contributed by atoms with E-state index in [1.807, 2.05) is 11.0 Å². The first kappa shape index (κ1) is 7.18. The summed E-state index contributed by atoms with van der Waals surface area (Å²) in [6.07, 6.45) is 4.35. The summed E-state index contributed by atoms with van der Waals surface area (Å²) in [5.74, 6) is 1.38. The Morgan fingerprint density at radius 1 is 1.54 bits per heavy atom. The molecule has 13 heavy (non-hydrogen) atoms. The number of rotatable bonds is 0. The van der Waals surface area contributed by atoms with E-state index in [0.29, 0.717) is 11.9 Å². The summed E-state index contributed by atoms with van der Waals surface area (Å²) in [5.41, 5.74) is 1.19. The lowest BCUT2D eigenvalue weighted by Gasteiger charge is -2.28. The van der Waals surface area contributed by atoms with Gasteiger partial charge in [0.1, 0.15) is 5.76 Å². The van der Waals surface area contributed by atoms with Crippen molar-refractivity contribution in [3.05, 3.63) is 23.7 Å². The Kier molecular flexibility index (Phi) is 1.31. The maximum Gasteiger partial charge on any atom is 0.223 e. The number of nitrogens with zero attached hydrogens (tertiary/aromatic N) is 1. The highest BCUT2D eigenvalue weighted by Crippen LogP contribution is 2.31. The van der Waals surface area contributed by atoms with E-state index in [4.69, 9.17) is 4.42 Å². The molecule has 1 aromatic rings. The van der Waals surface area contributed by atoms with Crippen molar-refractivity contribution in [2.24, 2.45) is 0 Å². The average Bonchev–Trinajstić information content (AvgIpc) is 2.70. The molecule has 1 fully saturated rings. The minimum atomic E-state index is 0.303. The van der Waals surface area contributed by atoms with Crippen LogP contribution in [0.4, 0.5) is 0 Å². The van der Waals surface area contributed by atoms with E-state index in [9.17, 15) is 4.79 Å². The zero-order chi connectivity index (χ0) is 8.84. The second-order valence-corrected chi connectivity index (χ2v) is 3.79. The molecule has 68 valence electrons. The Balaban J connectivity index is 1.98. The van der Waals surface area contributed by atoms with Crippen molar-refractivity contribution in [2.45, 2.75) is 31.8 Å². The molecule has 0 radical (unpaired) electrons. The standard InChI is InChI=1S/C10H11NO2/c12-10-2-1-8-5-9-7(3-4-13-9)6-11(8)10/h3-4,8H,1-2,5-6H2/t8-/m0/s1. The van der Waals surface area contributed by atoms with Crippen molar-refractivity contribution in [2.75, 3.05) is 0 Å². The second-order valence-electron chi connectivity index (χ2n) is 3.79. The molecule has 0 aromatic carbocycles. The van der Waals surface area contributed by atoms with Crippen LogP contribution in [0, 0.1) is 0 Å². The lowest BCUT2D eigenvalue weighted by molar-refractivity contribution is -0.129. The molecular formula is C10H11NO2.